The van der Waals surface area contributed by atoms with Crippen LogP contribution in [0.3, 0.4) is 0 Å². The fourth-order valence-corrected chi connectivity index (χ4v) is 3.06. The summed E-state index contributed by atoms with van der Waals surface area (Å²) in [4.78, 5) is 15.6. The van der Waals surface area contributed by atoms with Gasteiger partial charge >= 0.3 is 5.97 Å². The van der Waals surface area contributed by atoms with Gasteiger partial charge in [0, 0.05) is 10.8 Å². The fraction of sp³-hybridized carbons (Fsp3) is 0.500. The molecule has 0 aliphatic carbocycles. The summed E-state index contributed by atoms with van der Waals surface area (Å²) in [7, 11) is 1.38. The van der Waals surface area contributed by atoms with E-state index in [1.807, 2.05) is 19.1 Å². The number of aromatic nitrogens is 1. The molecule has 2 rings (SSSR count). The van der Waals surface area contributed by atoms with Crippen molar-refractivity contribution < 1.29 is 9.53 Å². The predicted octanol–water partition coefficient (Wildman–Crippen LogP) is 5.56. The second-order valence-electron chi connectivity index (χ2n) is 6.84. The van der Waals surface area contributed by atoms with Crippen molar-refractivity contribution in [3.63, 3.8) is 0 Å². The minimum absolute atomic E-state index is 0.209. The molecule has 0 aliphatic rings. The summed E-state index contributed by atoms with van der Waals surface area (Å²) in [5, 5.41) is 3.50. The molecule has 0 radical (unpaired) electrons. The molecule has 1 aromatic heterocycles. The van der Waals surface area contributed by atoms with E-state index >= 15 is 0 Å². The molecular weight excluding hydrogens is 318 g/mol. The van der Waals surface area contributed by atoms with Gasteiger partial charge < -0.3 is 4.74 Å². The smallest absolute Gasteiger partial charge is 0.337 e. The van der Waals surface area contributed by atoms with Gasteiger partial charge in [-0.25, -0.2) is 9.78 Å². The topological polar surface area (TPSA) is 39.2 Å². The molecule has 0 spiro atoms. The van der Waals surface area contributed by atoms with Gasteiger partial charge in [0.2, 0.25) is 0 Å². The van der Waals surface area contributed by atoms with Gasteiger partial charge in [0.15, 0.2) is 0 Å². The molecule has 0 fully saturated rings. The van der Waals surface area contributed by atoms with Crippen LogP contribution < -0.4 is 0 Å². The highest BCUT2D eigenvalue weighted by molar-refractivity contribution is 7.09. The Morgan fingerprint density at radius 3 is 2.50 bits per heavy atom. The SMILES string of the molecule is CCCCc1nc(C(C)(C)C)cs1.COC(=O)c1cccc(C)c1. The Balaban J connectivity index is 0.000000243. The minimum Gasteiger partial charge on any atom is -0.465 e. The van der Waals surface area contributed by atoms with Crippen LogP contribution in [0, 0.1) is 6.92 Å². The van der Waals surface area contributed by atoms with E-state index in [0.717, 1.165) is 12.0 Å². The maximum absolute atomic E-state index is 10.9. The molecule has 132 valence electrons. The highest BCUT2D eigenvalue weighted by Crippen LogP contribution is 2.24. The Hall–Kier alpha value is -1.68. The normalized spacial score (nSPS) is 10.8. The van der Waals surface area contributed by atoms with Crippen LogP contribution in [0.1, 0.15) is 67.2 Å². The molecular formula is C20H29NO2S. The summed E-state index contributed by atoms with van der Waals surface area (Å²) in [5.41, 5.74) is 3.12. The Labute approximate surface area is 150 Å². The van der Waals surface area contributed by atoms with Gasteiger partial charge in [-0.05, 0) is 31.9 Å². The molecule has 3 nitrogen and oxygen atoms in total. The van der Waals surface area contributed by atoms with E-state index in [1.165, 1.54) is 30.7 Å². The number of benzene rings is 1. The van der Waals surface area contributed by atoms with Crippen molar-refractivity contribution in [3.8, 4) is 0 Å². The number of hydrogen-bond donors (Lipinski definition) is 0. The summed E-state index contributed by atoms with van der Waals surface area (Å²) in [6, 6.07) is 7.30. The van der Waals surface area contributed by atoms with Crippen molar-refractivity contribution in [1.82, 2.24) is 4.98 Å². The lowest BCUT2D eigenvalue weighted by atomic mass is 9.93. The Morgan fingerprint density at radius 1 is 1.29 bits per heavy atom. The van der Waals surface area contributed by atoms with Crippen LogP contribution in [-0.4, -0.2) is 18.1 Å². The summed E-state index contributed by atoms with van der Waals surface area (Å²) >= 11 is 1.81. The Kier molecular flexibility index (Phi) is 8.13. The van der Waals surface area contributed by atoms with Crippen molar-refractivity contribution in [2.24, 2.45) is 0 Å². The average Bonchev–Trinajstić information content (AvgIpc) is 3.02. The van der Waals surface area contributed by atoms with E-state index in [0.29, 0.717) is 5.56 Å². The monoisotopic (exact) mass is 347 g/mol. The zero-order chi connectivity index (χ0) is 18.2. The van der Waals surface area contributed by atoms with E-state index in [4.69, 9.17) is 0 Å². The number of carbonyl (C=O) groups is 1. The molecule has 0 aliphatic heterocycles. The minimum atomic E-state index is -0.284. The molecule has 24 heavy (non-hydrogen) atoms. The predicted molar refractivity (Wildman–Crippen MR) is 102 cm³/mol. The van der Waals surface area contributed by atoms with Crippen LogP contribution in [-0.2, 0) is 16.6 Å². The van der Waals surface area contributed by atoms with Crippen LogP contribution in [0.5, 0.6) is 0 Å². The first kappa shape index (κ1) is 20.4. The van der Waals surface area contributed by atoms with Crippen LogP contribution >= 0.6 is 11.3 Å². The number of methoxy groups -OCH3 is 1. The van der Waals surface area contributed by atoms with Crippen LogP contribution in [0.2, 0.25) is 0 Å². The first-order valence-corrected chi connectivity index (χ1v) is 9.25. The lowest BCUT2D eigenvalue weighted by molar-refractivity contribution is 0.0600. The first-order valence-electron chi connectivity index (χ1n) is 8.37. The summed E-state index contributed by atoms with van der Waals surface area (Å²) < 4.78 is 4.55. The third-order valence-electron chi connectivity index (χ3n) is 3.50. The van der Waals surface area contributed by atoms with Crippen LogP contribution in [0.4, 0.5) is 0 Å². The Bertz CT molecular complexity index is 641. The van der Waals surface area contributed by atoms with E-state index < -0.39 is 0 Å². The number of aryl methyl sites for hydroxylation is 2. The second-order valence-corrected chi connectivity index (χ2v) is 7.78. The first-order chi connectivity index (χ1) is 11.3. The molecule has 0 bridgehead atoms. The second kappa shape index (κ2) is 9.58. The van der Waals surface area contributed by atoms with Gasteiger partial charge in [0.1, 0.15) is 0 Å². The molecule has 0 saturated carbocycles. The lowest BCUT2D eigenvalue weighted by Gasteiger charge is -2.14. The third kappa shape index (κ3) is 6.83. The molecule has 0 unspecified atom stereocenters. The van der Waals surface area contributed by atoms with Crippen molar-refractivity contribution >= 4 is 17.3 Å². The van der Waals surface area contributed by atoms with Gasteiger partial charge in [-0.15, -0.1) is 11.3 Å². The molecule has 4 heteroatoms. The van der Waals surface area contributed by atoms with Crippen molar-refractivity contribution in [2.75, 3.05) is 7.11 Å². The summed E-state index contributed by atoms with van der Waals surface area (Å²) in [6.07, 6.45) is 3.67. The molecule has 0 saturated heterocycles. The summed E-state index contributed by atoms with van der Waals surface area (Å²) in [5.74, 6) is -0.284. The quantitative estimate of drug-likeness (QED) is 0.679. The molecule has 0 amide bonds. The largest absolute Gasteiger partial charge is 0.465 e. The maximum Gasteiger partial charge on any atom is 0.337 e. The average molecular weight is 348 g/mol. The molecule has 0 atom stereocenters. The van der Waals surface area contributed by atoms with Crippen molar-refractivity contribution in [1.29, 1.82) is 0 Å². The van der Waals surface area contributed by atoms with E-state index in [-0.39, 0.29) is 11.4 Å². The van der Waals surface area contributed by atoms with Crippen LogP contribution in [0.15, 0.2) is 29.6 Å². The number of esters is 1. The molecule has 1 heterocycles. The van der Waals surface area contributed by atoms with Gasteiger partial charge in [-0.3, -0.25) is 0 Å². The zero-order valence-electron chi connectivity index (χ0n) is 15.7. The summed E-state index contributed by atoms with van der Waals surface area (Å²) in [6.45, 7) is 10.8. The fourth-order valence-electron chi connectivity index (χ4n) is 1.99. The molecule has 1 aromatic carbocycles. The van der Waals surface area contributed by atoms with Gasteiger partial charge in [-0.1, -0.05) is 51.8 Å². The number of ether oxygens (including phenoxy) is 1. The van der Waals surface area contributed by atoms with E-state index in [9.17, 15) is 4.79 Å². The van der Waals surface area contributed by atoms with E-state index in [1.54, 1.807) is 23.5 Å². The van der Waals surface area contributed by atoms with Gasteiger partial charge in [-0.2, -0.15) is 0 Å². The number of rotatable bonds is 4. The van der Waals surface area contributed by atoms with E-state index in [2.05, 4.69) is 42.8 Å². The highest BCUT2D eigenvalue weighted by Gasteiger charge is 2.16. The van der Waals surface area contributed by atoms with Crippen molar-refractivity contribution in [2.45, 2.75) is 59.3 Å². The van der Waals surface area contributed by atoms with Crippen LogP contribution in [0.25, 0.3) is 0 Å². The maximum atomic E-state index is 10.9. The molecule has 0 N–H and O–H groups in total. The highest BCUT2D eigenvalue weighted by atomic mass is 32.1. The number of hydrogen-bond acceptors (Lipinski definition) is 4. The third-order valence-corrected chi connectivity index (χ3v) is 4.41. The Morgan fingerprint density at radius 2 is 2.00 bits per heavy atom. The standard InChI is InChI=1S/C11H19NS.C9H10O2/c1-5-6-7-10-12-9(8-13-10)11(2,3)4;1-7-4-3-5-8(6-7)9(10)11-2/h8H,5-7H2,1-4H3;3-6H,1-2H3. The number of nitrogens with zero attached hydrogens (tertiary/aromatic N) is 1. The van der Waals surface area contributed by atoms with Gasteiger partial charge in [0.05, 0.1) is 23.4 Å². The number of carbonyl (C=O) groups excluding carboxylic acids is 1. The molecule has 2 aromatic rings. The number of thiazole rings is 1. The van der Waals surface area contributed by atoms with Crippen molar-refractivity contribution in [3.05, 3.63) is 51.5 Å². The lowest BCUT2D eigenvalue weighted by Crippen LogP contribution is -2.11. The number of unbranched alkanes of at least 4 members (excludes halogenated alkanes) is 1. The van der Waals surface area contributed by atoms with Gasteiger partial charge in [0.25, 0.3) is 0 Å². The zero-order valence-corrected chi connectivity index (χ0v) is 16.5.